The maximum absolute atomic E-state index is 12.1. The smallest absolute Gasteiger partial charge is 0.408 e. The number of ether oxygens (including phenoxy) is 2. The summed E-state index contributed by atoms with van der Waals surface area (Å²) in [5, 5.41) is 4.47. The molecule has 2 N–H and O–H groups in total. The molecule has 1 aliphatic rings. The van der Waals surface area contributed by atoms with E-state index in [0.717, 1.165) is 0 Å². The minimum absolute atomic E-state index is 0.207. The van der Waals surface area contributed by atoms with Crippen LogP contribution >= 0.6 is 0 Å². The van der Waals surface area contributed by atoms with Gasteiger partial charge in [0.2, 0.25) is 5.91 Å². The van der Waals surface area contributed by atoms with E-state index >= 15 is 0 Å². The van der Waals surface area contributed by atoms with Crippen LogP contribution in [0, 0.1) is 5.92 Å². The first-order chi connectivity index (χ1) is 9.99. The second kappa shape index (κ2) is 6.76. The topological polar surface area (TPSA) is 111 Å². The third kappa shape index (κ3) is 5.34. The van der Waals surface area contributed by atoms with Gasteiger partial charge in [0.05, 0.1) is 6.42 Å². The molecular formula is C14H22N2O6. The highest BCUT2D eigenvalue weighted by molar-refractivity contribution is 6.05. The Morgan fingerprint density at radius 3 is 2.27 bits per heavy atom. The van der Waals surface area contributed by atoms with Crippen molar-refractivity contribution in [3.63, 3.8) is 0 Å². The van der Waals surface area contributed by atoms with Crippen LogP contribution in [0.1, 0.15) is 41.0 Å². The molecule has 0 bridgehead atoms. The Hall–Kier alpha value is -2.12. The lowest BCUT2D eigenvalue weighted by Crippen LogP contribution is -2.48. The average Bonchev–Trinajstić information content (AvgIpc) is 2.62. The van der Waals surface area contributed by atoms with Crippen LogP contribution in [0.2, 0.25) is 0 Å². The monoisotopic (exact) mass is 314 g/mol. The summed E-state index contributed by atoms with van der Waals surface area (Å²) in [6.45, 7) is 8.52. The summed E-state index contributed by atoms with van der Waals surface area (Å²) in [5.41, 5.74) is -0.701. The van der Waals surface area contributed by atoms with Crippen molar-refractivity contribution >= 4 is 23.9 Å². The molecule has 8 nitrogen and oxygen atoms in total. The lowest BCUT2D eigenvalue weighted by Gasteiger charge is -2.25. The third-order valence-electron chi connectivity index (χ3n) is 2.78. The number of alkyl carbamates (subject to hydrolysis) is 1. The summed E-state index contributed by atoms with van der Waals surface area (Å²) < 4.78 is 10.1. The van der Waals surface area contributed by atoms with Crippen molar-refractivity contribution in [3.05, 3.63) is 0 Å². The fourth-order valence-corrected chi connectivity index (χ4v) is 1.77. The second-order valence-electron chi connectivity index (χ2n) is 6.41. The van der Waals surface area contributed by atoms with Crippen molar-refractivity contribution in [1.29, 1.82) is 0 Å². The number of imide groups is 1. The molecule has 1 aliphatic heterocycles. The average molecular weight is 314 g/mol. The van der Waals surface area contributed by atoms with E-state index in [-0.39, 0.29) is 12.3 Å². The van der Waals surface area contributed by atoms with Gasteiger partial charge in [-0.1, -0.05) is 13.8 Å². The first kappa shape index (κ1) is 17.9. The van der Waals surface area contributed by atoms with E-state index in [4.69, 9.17) is 9.47 Å². The van der Waals surface area contributed by atoms with Gasteiger partial charge in [-0.05, 0) is 26.7 Å². The van der Waals surface area contributed by atoms with Crippen molar-refractivity contribution in [3.8, 4) is 0 Å². The summed E-state index contributed by atoms with van der Waals surface area (Å²) in [5.74, 6) is -2.21. The normalized spacial score (nSPS) is 19.6. The van der Waals surface area contributed by atoms with E-state index in [9.17, 15) is 19.2 Å². The lowest BCUT2D eigenvalue weighted by molar-refractivity contribution is -0.157. The van der Waals surface area contributed by atoms with E-state index < -0.39 is 41.6 Å². The summed E-state index contributed by atoms with van der Waals surface area (Å²) in [7, 11) is 0. The van der Waals surface area contributed by atoms with Gasteiger partial charge in [0, 0.05) is 0 Å². The van der Waals surface area contributed by atoms with Gasteiger partial charge in [-0.15, -0.1) is 0 Å². The van der Waals surface area contributed by atoms with Gasteiger partial charge in [0.15, 0.2) is 6.10 Å². The molecule has 124 valence electrons. The molecule has 0 aromatic rings. The Labute approximate surface area is 128 Å². The van der Waals surface area contributed by atoms with Crippen LogP contribution in [-0.4, -0.2) is 41.6 Å². The zero-order valence-corrected chi connectivity index (χ0v) is 13.4. The molecule has 0 saturated carbocycles. The Morgan fingerprint density at radius 2 is 1.86 bits per heavy atom. The van der Waals surface area contributed by atoms with Crippen molar-refractivity contribution in [2.75, 3.05) is 0 Å². The molecule has 1 heterocycles. The highest BCUT2D eigenvalue weighted by atomic mass is 16.6. The van der Waals surface area contributed by atoms with Gasteiger partial charge < -0.3 is 14.8 Å². The molecule has 1 saturated heterocycles. The molecule has 0 radical (unpaired) electrons. The Kier molecular flexibility index (Phi) is 5.51. The van der Waals surface area contributed by atoms with Crippen LogP contribution in [0.15, 0.2) is 0 Å². The Bertz CT molecular complexity index is 480. The van der Waals surface area contributed by atoms with Gasteiger partial charge in [-0.25, -0.2) is 9.59 Å². The second-order valence-corrected chi connectivity index (χ2v) is 6.41. The molecule has 3 amide bonds. The van der Waals surface area contributed by atoms with Gasteiger partial charge in [0.1, 0.15) is 11.6 Å². The molecule has 8 heteroatoms. The summed E-state index contributed by atoms with van der Waals surface area (Å²) in [6.07, 6.45) is -2.11. The van der Waals surface area contributed by atoms with Crippen LogP contribution in [0.5, 0.6) is 0 Å². The molecule has 22 heavy (non-hydrogen) atoms. The predicted molar refractivity (Wildman–Crippen MR) is 75.6 cm³/mol. The highest BCUT2D eigenvalue weighted by Crippen LogP contribution is 2.13. The fraction of sp³-hybridized carbons (Fsp3) is 0.714. The molecule has 1 rings (SSSR count). The van der Waals surface area contributed by atoms with Gasteiger partial charge in [-0.2, -0.15) is 0 Å². The largest absolute Gasteiger partial charge is 0.450 e. The summed E-state index contributed by atoms with van der Waals surface area (Å²) in [4.78, 5) is 46.3. The SMILES string of the molecule is CC(C)C(NC(=O)OC(C)(C)C)C(=O)OC1CC(=O)NC1=O. The quantitative estimate of drug-likeness (QED) is 0.577. The number of carbonyl (C=O) groups is 4. The number of hydrogen-bond donors (Lipinski definition) is 2. The number of nitrogens with one attached hydrogen (secondary N) is 2. The molecule has 0 aliphatic carbocycles. The molecule has 0 spiro atoms. The minimum Gasteiger partial charge on any atom is -0.450 e. The number of amides is 3. The lowest BCUT2D eigenvalue weighted by atomic mass is 10.0. The van der Waals surface area contributed by atoms with Gasteiger partial charge in [-0.3, -0.25) is 14.9 Å². The van der Waals surface area contributed by atoms with Crippen LogP contribution in [0.3, 0.4) is 0 Å². The number of hydrogen-bond acceptors (Lipinski definition) is 6. The number of esters is 1. The van der Waals surface area contributed by atoms with Crippen molar-refractivity contribution < 1.29 is 28.7 Å². The third-order valence-corrected chi connectivity index (χ3v) is 2.78. The standard InChI is InChI=1S/C14H22N2O6/c1-7(2)10(16-13(20)22-14(3,4)5)12(19)21-8-6-9(17)15-11(8)18/h7-8,10H,6H2,1-5H3,(H,16,20)(H,15,17,18). The molecule has 0 aromatic carbocycles. The number of carbonyl (C=O) groups excluding carboxylic acids is 4. The first-order valence-electron chi connectivity index (χ1n) is 7.03. The summed E-state index contributed by atoms with van der Waals surface area (Å²) in [6, 6.07) is -0.974. The van der Waals surface area contributed by atoms with E-state index in [2.05, 4.69) is 5.32 Å². The van der Waals surface area contributed by atoms with Crippen molar-refractivity contribution in [2.24, 2.45) is 5.92 Å². The molecular weight excluding hydrogens is 292 g/mol. The maximum atomic E-state index is 12.1. The Balaban J connectivity index is 2.66. The van der Waals surface area contributed by atoms with Crippen molar-refractivity contribution in [1.82, 2.24) is 10.6 Å². The number of rotatable bonds is 4. The fourth-order valence-electron chi connectivity index (χ4n) is 1.77. The molecule has 1 fully saturated rings. The Morgan fingerprint density at radius 1 is 1.27 bits per heavy atom. The molecule has 2 atom stereocenters. The zero-order chi connectivity index (χ0) is 17.1. The van der Waals surface area contributed by atoms with Gasteiger partial charge in [0.25, 0.3) is 5.91 Å². The van der Waals surface area contributed by atoms with E-state index in [1.807, 2.05) is 5.32 Å². The molecule has 2 unspecified atom stereocenters. The van der Waals surface area contributed by atoms with E-state index in [0.29, 0.717) is 0 Å². The van der Waals surface area contributed by atoms with Gasteiger partial charge >= 0.3 is 12.1 Å². The van der Waals surface area contributed by atoms with E-state index in [1.165, 1.54) is 0 Å². The van der Waals surface area contributed by atoms with Crippen LogP contribution in [0.25, 0.3) is 0 Å². The minimum atomic E-state index is -1.15. The van der Waals surface area contributed by atoms with Crippen LogP contribution < -0.4 is 10.6 Å². The summed E-state index contributed by atoms with van der Waals surface area (Å²) >= 11 is 0. The molecule has 0 aromatic heterocycles. The van der Waals surface area contributed by atoms with Crippen LogP contribution in [-0.2, 0) is 23.9 Å². The van der Waals surface area contributed by atoms with Crippen molar-refractivity contribution in [2.45, 2.75) is 58.8 Å². The van der Waals surface area contributed by atoms with Crippen LogP contribution in [0.4, 0.5) is 4.79 Å². The zero-order valence-electron chi connectivity index (χ0n) is 13.4. The maximum Gasteiger partial charge on any atom is 0.408 e. The first-order valence-corrected chi connectivity index (χ1v) is 7.03. The highest BCUT2D eigenvalue weighted by Gasteiger charge is 2.37. The van der Waals surface area contributed by atoms with E-state index in [1.54, 1.807) is 34.6 Å². The predicted octanol–water partition coefficient (Wildman–Crippen LogP) is 0.494.